The number of carbonyl (C=O) groups is 3. The molecule has 3 fully saturated rings. The second kappa shape index (κ2) is 7.11. The molecule has 0 spiro atoms. The van der Waals surface area contributed by atoms with E-state index in [0.29, 0.717) is 38.8 Å². The number of methoxy groups -OCH3 is 1. The van der Waals surface area contributed by atoms with Crippen molar-refractivity contribution in [3.8, 4) is 0 Å². The Morgan fingerprint density at radius 1 is 0.958 bits per heavy atom. The zero-order chi connectivity index (χ0) is 17.2. The highest BCUT2D eigenvalue weighted by molar-refractivity contribution is 5.89. The predicted molar refractivity (Wildman–Crippen MR) is 88.0 cm³/mol. The van der Waals surface area contributed by atoms with Crippen molar-refractivity contribution < 1.29 is 19.1 Å². The van der Waals surface area contributed by atoms with Gasteiger partial charge in [-0.3, -0.25) is 9.59 Å². The molecule has 2 saturated carbocycles. The Hall–Kier alpha value is -1.59. The second-order valence-electron chi connectivity index (χ2n) is 7.50. The maximum Gasteiger partial charge on any atom is 0.331 e. The first-order valence-electron chi connectivity index (χ1n) is 9.25. The molecule has 1 saturated heterocycles. The summed E-state index contributed by atoms with van der Waals surface area (Å²) >= 11 is 0. The monoisotopic (exact) mass is 336 g/mol. The summed E-state index contributed by atoms with van der Waals surface area (Å²) in [5, 5.41) is 3.02. The van der Waals surface area contributed by atoms with Crippen molar-refractivity contribution >= 4 is 17.8 Å². The van der Waals surface area contributed by atoms with Crippen LogP contribution in [0.15, 0.2) is 0 Å². The highest BCUT2D eigenvalue weighted by atomic mass is 16.5. The van der Waals surface area contributed by atoms with Crippen LogP contribution in [0, 0.1) is 11.8 Å². The van der Waals surface area contributed by atoms with Crippen LogP contribution in [0.1, 0.15) is 57.8 Å². The molecule has 6 nitrogen and oxygen atoms in total. The van der Waals surface area contributed by atoms with Gasteiger partial charge in [-0.15, -0.1) is 0 Å². The van der Waals surface area contributed by atoms with Gasteiger partial charge in [-0.05, 0) is 38.5 Å². The molecule has 0 atom stereocenters. The predicted octanol–water partition coefficient (Wildman–Crippen LogP) is 1.63. The zero-order valence-corrected chi connectivity index (χ0v) is 14.5. The van der Waals surface area contributed by atoms with Crippen LogP contribution in [0.3, 0.4) is 0 Å². The van der Waals surface area contributed by atoms with E-state index in [4.69, 9.17) is 4.74 Å². The Balaban J connectivity index is 1.56. The van der Waals surface area contributed by atoms with Crippen LogP contribution < -0.4 is 5.32 Å². The second-order valence-corrected chi connectivity index (χ2v) is 7.50. The summed E-state index contributed by atoms with van der Waals surface area (Å²) in [6, 6.07) is 0. The summed E-state index contributed by atoms with van der Waals surface area (Å²) in [6.07, 6.45) is 7.67. The van der Waals surface area contributed by atoms with Gasteiger partial charge in [0.25, 0.3) is 0 Å². The molecular weight excluding hydrogens is 308 g/mol. The van der Waals surface area contributed by atoms with E-state index in [0.717, 1.165) is 32.1 Å². The van der Waals surface area contributed by atoms with Gasteiger partial charge in [0, 0.05) is 24.9 Å². The average Bonchev–Trinajstić information content (AvgIpc) is 3.46. The number of carbonyl (C=O) groups excluding carboxylic acids is 3. The lowest BCUT2D eigenvalue weighted by molar-refractivity contribution is -0.153. The molecule has 0 radical (unpaired) electrons. The molecule has 3 rings (SSSR count). The van der Waals surface area contributed by atoms with E-state index in [1.807, 2.05) is 4.90 Å². The number of hydrogen-bond donors (Lipinski definition) is 1. The number of piperidine rings is 1. The van der Waals surface area contributed by atoms with Gasteiger partial charge in [-0.2, -0.15) is 0 Å². The molecule has 0 aromatic heterocycles. The lowest BCUT2D eigenvalue weighted by atomic mass is 9.81. The maximum absolute atomic E-state index is 12.7. The van der Waals surface area contributed by atoms with Crippen LogP contribution in [0.25, 0.3) is 0 Å². The third-order valence-electron chi connectivity index (χ3n) is 5.75. The van der Waals surface area contributed by atoms with Gasteiger partial charge in [0.05, 0.1) is 7.11 Å². The van der Waals surface area contributed by atoms with E-state index < -0.39 is 5.54 Å². The first kappa shape index (κ1) is 17.2. The van der Waals surface area contributed by atoms with Crippen LogP contribution >= 0.6 is 0 Å². The van der Waals surface area contributed by atoms with Gasteiger partial charge in [-0.25, -0.2) is 4.79 Å². The van der Waals surface area contributed by atoms with Crippen LogP contribution in [-0.4, -0.2) is 48.4 Å². The quantitative estimate of drug-likeness (QED) is 0.792. The normalized spacial score (nSPS) is 24.3. The fourth-order valence-electron chi connectivity index (χ4n) is 4.02. The Bertz CT molecular complexity index is 501. The van der Waals surface area contributed by atoms with E-state index in [2.05, 4.69) is 5.32 Å². The number of nitrogens with one attached hydrogen (secondary N) is 1. The molecule has 1 heterocycles. The first-order chi connectivity index (χ1) is 11.6. The number of nitrogens with zero attached hydrogens (tertiary/aromatic N) is 1. The average molecular weight is 336 g/mol. The summed E-state index contributed by atoms with van der Waals surface area (Å²) in [6.45, 7) is 1.30. The van der Waals surface area contributed by atoms with Gasteiger partial charge in [-0.1, -0.05) is 19.3 Å². The summed E-state index contributed by atoms with van der Waals surface area (Å²) in [5.41, 5.74) is -0.842. The van der Waals surface area contributed by atoms with E-state index >= 15 is 0 Å². The highest BCUT2D eigenvalue weighted by Gasteiger charge is 2.43. The molecule has 2 amide bonds. The van der Waals surface area contributed by atoms with E-state index in [1.165, 1.54) is 7.11 Å². The lowest BCUT2D eigenvalue weighted by Gasteiger charge is -2.38. The topological polar surface area (TPSA) is 75.7 Å². The van der Waals surface area contributed by atoms with Gasteiger partial charge in [0.1, 0.15) is 5.54 Å². The molecule has 1 aliphatic heterocycles. The van der Waals surface area contributed by atoms with Crippen molar-refractivity contribution in [2.45, 2.75) is 63.3 Å². The summed E-state index contributed by atoms with van der Waals surface area (Å²) in [7, 11) is 1.38. The largest absolute Gasteiger partial charge is 0.467 e. The van der Waals surface area contributed by atoms with Gasteiger partial charge >= 0.3 is 5.97 Å². The van der Waals surface area contributed by atoms with E-state index in [1.54, 1.807) is 0 Å². The van der Waals surface area contributed by atoms with Gasteiger partial charge in [0.2, 0.25) is 11.8 Å². The number of amides is 2. The molecular formula is C18H28N2O4. The third kappa shape index (κ3) is 3.57. The Labute approximate surface area is 143 Å². The van der Waals surface area contributed by atoms with Crippen molar-refractivity contribution in [3.05, 3.63) is 0 Å². The maximum atomic E-state index is 12.7. The minimum absolute atomic E-state index is 0.0548. The highest BCUT2D eigenvalue weighted by Crippen LogP contribution is 2.33. The smallest absolute Gasteiger partial charge is 0.331 e. The Kier molecular flexibility index (Phi) is 5.11. The summed E-state index contributed by atoms with van der Waals surface area (Å²) < 4.78 is 4.96. The number of rotatable bonds is 4. The van der Waals surface area contributed by atoms with Crippen LogP contribution in [-0.2, 0) is 19.1 Å². The van der Waals surface area contributed by atoms with Crippen molar-refractivity contribution in [2.24, 2.45) is 11.8 Å². The molecule has 3 aliphatic rings. The minimum Gasteiger partial charge on any atom is -0.467 e. The number of hydrogen-bond acceptors (Lipinski definition) is 4. The number of likely N-dealkylation sites (tertiary alicyclic amines) is 1. The molecule has 0 unspecified atom stereocenters. The molecule has 6 heteroatoms. The molecule has 2 aliphatic carbocycles. The minimum atomic E-state index is -0.842. The van der Waals surface area contributed by atoms with Crippen LogP contribution in [0.5, 0.6) is 0 Å². The van der Waals surface area contributed by atoms with Crippen molar-refractivity contribution in [3.63, 3.8) is 0 Å². The Morgan fingerprint density at radius 3 is 2.12 bits per heavy atom. The third-order valence-corrected chi connectivity index (χ3v) is 5.75. The summed E-state index contributed by atoms with van der Waals surface area (Å²) in [5.74, 6) is 0.00167. The number of esters is 1. The van der Waals surface area contributed by atoms with E-state index in [-0.39, 0.29) is 29.6 Å². The van der Waals surface area contributed by atoms with Crippen LogP contribution in [0.4, 0.5) is 0 Å². The molecule has 24 heavy (non-hydrogen) atoms. The zero-order valence-electron chi connectivity index (χ0n) is 14.5. The fraction of sp³-hybridized carbons (Fsp3) is 0.833. The molecule has 134 valence electrons. The fourth-order valence-corrected chi connectivity index (χ4v) is 4.02. The molecule has 1 N–H and O–H groups in total. The van der Waals surface area contributed by atoms with Crippen molar-refractivity contribution in [1.29, 1.82) is 0 Å². The SMILES string of the molecule is COC(=O)C1(NC(=O)C2CCN(C(=O)C3CC3)CC2)CCCCC1. The van der Waals surface area contributed by atoms with Crippen LogP contribution in [0.2, 0.25) is 0 Å². The first-order valence-corrected chi connectivity index (χ1v) is 9.25. The lowest BCUT2D eigenvalue weighted by Crippen LogP contribution is -2.58. The molecule has 0 bridgehead atoms. The molecule has 0 aromatic carbocycles. The van der Waals surface area contributed by atoms with Crippen molar-refractivity contribution in [2.75, 3.05) is 20.2 Å². The van der Waals surface area contributed by atoms with Gasteiger partial charge < -0.3 is 15.0 Å². The summed E-state index contributed by atoms with van der Waals surface area (Å²) in [4.78, 5) is 38.9. The van der Waals surface area contributed by atoms with Crippen molar-refractivity contribution in [1.82, 2.24) is 10.2 Å². The molecule has 0 aromatic rings. The standard InChI is InChI=1S/C18H28N2O4/c1-24-17(23)18(9-3-2-4-10-18)19-15(21)13-7-11-20(12-8-13)16(22)14-5-6-14/h13-14H,2-12H2,1H3,(H,19,21). The Morgan fingerprint density at radius 2 is 1.58 bits per heavy atom. The van der Waals surface area contributed by atoms with E-state index in [9.17, 15) is 14.4 Å². The number of ether oxygens (including phenoxy) is 1. The van der Waals surface area contributed by atoms with Gasteiger partial charge in [0.15, 0.2) is 0 Å².